The minimum atomic E-state index is -0.367. The van der Waals surface area contributed by atoms with Crippen LogP contribution in [0.2, 0.25) is 0 Å². The number of aliphatic hydroxyl groups is 1. The van der Waals surface area contributed by atoms with Gasteiger partial charge in [0.15, 0.2) is 0 Å². The topological polar surface area (TPSA) is 59.7 Å². The average Bonchev–Trinajstić information content (AvgIpc) is 2.34. The quantitative estimate of drug-likeness (QED) is 0.651. The van der Waals surface area contributed by atoms with Crippen LogP contribution in [0.1, 0.15) is 19.8 Å². The van der Waals surface area contributed by atoms with E-state index in [0.29, 0.717) is 24.4 Å². The predicted molar refractivity (Wildman–Crippen MR) is 68.9 cm³/mol. The molecule has 1 unspecified atom stereocenters. The first-order valence-corrected chi connectivity index (χ1v) is 6.00. The first-order valence-electron chi connectivity index (χ1n) is 6.00. The zero-order chi connectivity index (χ0) is 13.0. The van der Waals surface area contributed by atoms with E-state index in [1.165, 1.54) is 6.07 Å². The number of hydrogen-bond donors (Lipinski definition) is 1. The Labute approximate surface area is 105 Å². The molecule has 4 nitrogen and oxygen atoms in total. The molecule has 1 aromatic carbocycles. The second-order valence-corrected chi connectivity index (χ2v) is 4.29. The highest BCUT2D eigenvalue weighted by molar-refractivity contribution is 5.77. The first kappa shape index (κ1) is 12.6. The molecule has 0 aliphatic rings. The highest BCUT2D eigenvalue weighted by atomic mass is 16.5. The smallest absolute Gasteiger partial charge is 0.336 e. The number of aliphatic hydroxyl groups excluding tert-OH is 1. The molecule has 1 heterocycles. The van der Waals surface area contributed by atoms with Crippen molar-refractivity contribution in [2.75, 3.05) is 6.61 Å². The van der Waals surface area contributed by atoms with Crippen molar-refractivity contribution in [3.05, 3.63) is 40.8 Å². The van der Waals surface area contributed by atoms with Gasteiger partial charge in [0.1, 0.15) is 11.3 Å². The van der Waals surface area contributed by atoms with Crippen molar-refractivity contribution in [1.82, 2.24) is 0 Å². The fourth-order valence-electron chi connectivity index (χ4n) is 1.70. The summed E-state index contributed by atoms with van der Waals surface area (Å²) in [6, 6.07) is 8.51. The lowest BCUT2D eigenvalue weighted by Crippen LogP contribution is -2.04. The van der Waals surface area contributed by atoms with Crippen molar-refractivity contribution >= 4 is 11.0 Å². The van der Waals surface area contributed by atoms with E-state index < -0.39 is 0 Å². The number of fused-ring (bicyclic) bond motifs is 1. The van der Waals surface area contributed by atoms with Gasteiger partial charge in [-0.05, 0) is 38.0 Å². The summed E-state index contributed by atoms with van der Waals surface area (Å²) >= 11 is 0. The van der Waals surface area contributed by atoms with Gasteiger partial charge in [-0.15, -0.1) is 0 Å². The maximum atomic E-state index is 11.1. The van der Waals surface area contributed by atoms with Crippen molar-refractivity contribution in [2.24, 2.45) is 0 Å². The number of rotatable bonds is 5. The summed E-state index contributed by atoms with van der Waals surface area (Å²) in [6.07, 6.45) is 1.19. The molecule has 1 N–H and O–H groups in total. The fraction of sp³-hybridized carbons (Fsp3) is 0.357. The van der Waals surface area contributed by atoms with Crippen LogP contribution in [0.5, 0.6) is 5.75 Å². The maximum absolute atomic E-state index is 11.1. The predicted octanol–water partition coefficient (Wildman–Crippen LogP) is 2.33. The van der Waals surface area contributed by atoms with E-state index in [1.54, 1.807) is 19.1 Å². The van der Waals surface area contributed by atoms with Crippen LogP contribution < -0.4 is 10.4 Å². The van der Waals surface area contributed by atoms with Gasteiger partial charge < -0.3 is 14.3 Å². The molecule has 4 heteroatoms. The zero-order valence-electron chi connectivity index (χ0n) is 10.3. The fourth-order valence-corrected chi connectivity index (χ4v) is 1.70. The summed E-state index contributed by atoms with van der Waals surface area (Å²) in [5.41, 5.74) is 0.157. The molecule has 2 rings (SSSR count). The second-order valence-electron chi connectivity index (χ2n) is 4.29. The molecule has 18 heavy (non-hydrogen) atoms. The van der Waals surface area contributed by atoms with Gasteiger partial charge in [-0.2, -0.15) is 0 Å². The lowest BCUT2D eigenvalue weighted by molar-refractivity contribution is 0.170. The number of ether oxygens (including phenoxy) is 1. The lowest BCUT2D eigenvalue weighted by atomic mass is 10.2. The van der Waals surface area contributed by atoms with E-state index in [1.807, 2.05) is 12.1 Å². The van der Waals surface area contributed by atoms with Crippen LogP contribution >= 0.6 is 0 Å². The molecule has 0 amide bonds. The molecule has 0 saturated carbocycles. The molecule has 96 valence electrons. The highest BCUT2D eigenvalue weighted by Crippen LogP contribution is 2.19. The van der Waals surface area contributed by atoms with Crippen molar-refractivity contribution < 1.29 is 14.3 Å². The third-order valence-electron chi connectivity index (χ3n) is 2.63. The Morgan fingerprint density at radius 1 is 1.33 bits per heavy atom. The molecule has 0 aliphatic heterocycles. The molecule has 1 atom stereocenters. The summed E-state index contributed by atoms with van der Waals surface area (Å²) in [6.45, 7) is 2.29. The van der Waals surface area contributed by atoms with E-state index in [-0.39, 0.29) is 11.7 Å². The molecule has 0 fully saturated rings. The first-order chi connectivity index (χ1) is 8.65. The largest absolute Gasteiger partial charge is 0.493 e. The van der Waals surface area contributed by atoms with E-state index in [0.717, 1.165) is 11.8 Å². The Balaban J connectivity index is 2.03. The van der Waals surface area contributed by atoms with Crippen LogP contribution in [0.25, 0.3) is 11.0 Å². The van der Waals surface area contributed by atoms with Crippen LogP contribution in [-0.2, 0) is 0 Å². The second kappa shape index (κ2) is 5.69. The Morgan fingerprint density at radius 2 is 2.11 bits per heavy atom. The van der Waals surface area contributed by atoms with Crippen LogP contribution in [-0.4, -0.2) is 17.8 Å². The number of benzene rings is 1. The molecule has 0 saturated heterocycles. The Hall–Kier alpha value is -1.81. The van der Waals surface area contributed by atoms with Gasteiger partial charge in [-0.1, -0.05) is 0 Å². The standard InChI is InChI=1S/C14H16O4/c1-10(15)3-2-8-17-12-6-4-11-5-7-14(16)18-13(11)9-12/h4-7,9-10,15H,2-3,8H2,1H3. The molecule has 1 aromatic heterocycles. The molecular formula is C14H16O4. The minimum Gasteiger partial charge on any atom is -0.493 e. The van der Waals surface area contributed by atoms with E-state index in [9.17, 15) is 4.79 Å². The molecule has 0 aliphatic carbocycles. The monoisotopic (exact) mass is 248 g/mol. The van der Waals surface area contributed by atoms with Crippen molar-refractivity contribution in [2.45, 2.75) is 25.9 Å². The van der Waals surface area contributed by atoms with Crippen LogP contribution in [0.3, 0.4) is 0 Å². The van der Waals surface area contributed by atoms with Gasteiger partial charge in [-0.3, -0.25) is 0 Å². The summed E-state index contributed by atoms with van der Waals surface area (Å²) in [5, 5.41) is 9.98. The molecule has 0 spiro atoms. The third kappa shape index (κ3) is 3.34. The average molecular weight is 248 g/mol. The van der Waals surface area contributed by atoms with Gasteiger partial charge in [0, 0.05) is 17.5 Å². The van der Waals surface area contributed by atoms with Crippen molar-refractivity contribution in [3.8, 4) is 5.75 Å². The Bertz CT molecular complexity index is 571. The highest BCUT2D eigenvalue weighted by Gasteiger charge is 2.01. The van der Waals surface area contributed by atoms with Crippen LogP contribution in [0.15, 0.2) is 39.5 Å². The van der Waals surface area contributed by atoms with Crippen molar-refractivity contribution in [1.29, 1.82) is 0 Å². The summed E-state index contributed by atoms with van der Waals surface area (Å²) in [7, 11) is 0. The van der Waals surface area contributed by atoms with Crippen LogP contribution in [0.4, 0.5) is 0 Å². The third-order valence-corrected chi connectivity index (χ3v) is 2.63. The zero-order valence-corrected chi connectivity index (χ0v) is 10.3. The lowest BCUT2D eigenvalue weighted by Gasteiger charge is -2.07. The van der Waals surface area contributed by atoms with Gasteiger partial charge >= 0.3 is 5.63 Å². The van der Waals surface area contributed by atoms with Crippen LogP contribution in [0, 0.1) is 0 Å². The van der Waals surface area contributed by atoms with Gasteiger partial charge in [0.2, 0.25) is 0 Å². The Morgan fingerprint density at radius 3 is 2.89 bits per heavy atom. The SMILES string of the molecule is CC(O)CCCOc1ccc2ccc(=O)oc2c1. The minimum absolute atomic E-state index is 0.303. The number of hydrogen-bond acceptors (Lipinski definition) is 4. The normalized spacial score (nSPS) is 12.6. The maximum Gasteiger partial charge on any atom is 0.336 e. The molecular weight excluding hydrogens is 232 g/mol. The summed E-state index contributed by atoms with van der Waals surface area (Å²) in [5.74, 6) is 0.669. The van der Waals surface area contributed by atoms with E-state index in [4.69, 9.17) is 14.3 Å². The molecule has 2 aromatic rings. The summed E-state index contributed by atoms with van der Waals surface area (Å²) in [4.78, 5) is 11.1. The van der Waals surface area contributed by atoms with E-state index >= 15 is 0 Å². The van der Waals surface area contributed by atoms with Gasteiger partial charge in [-0.25, -0.2) is 4.79 Å². The molecule has 0 bridgehead atoms. The van der Waals surface area contributed by atoms with Crippen molar-refractivity contribution in [3.63, 3.8) is 0 Å². The van der Waals surface area contributed by atoms with Gasteiger partial charge in [0.05, 0.1) is 12.7 Å². The molecule has 0 radical (unpaired) electrons. The Kier molecular flexibility index (Phi) is 3.99. The van der Waals surface area contributed by atoms with Gasteiger partial charge in [0.25, 0.3) is 0 Å². The summed E-state index contributed by atoms with van der Waals surface area (Å²) < 4.78 is 10.6. The van der Waals surface area contributed by atoms with E-state index in [2.05, 4.69) is 0 Å².